The van der Waals surface area contributed by atoms with Gasteiger partial charge in [0.1, 0.15) is 0 Å². The Balaban J connectivity index is 0.000000360. The van der Waals surface area contributed by atoms with Crippen LogP contribution in [0.25, 0.3) is 0 Å². The van der Waals surface area contributed by atoms with Crippen molar-refractivity contribution in [1.82, 2.24) is 0 Å². The zero-order valence-corrected chi connectivity index (χ0v) is 4.56. The predicted octanol–water partition coefficient (Wildman–Crippen LogP) is -1.61. The quantitative estimate of drug-likeness (QED) is 0.275. The molecule has 0 bridgehead atoms. The topological polar surface area (TPSA) is 13.1 Å². The molecular formula is C5H5LiO. The van der Waals surface area contributed by atoms with Crippen LogP contribution in [0.15, 0.2) is 16.5 Å². The number of hydrogen-bond donors (Lipinski definition) is 0. The van der Waals surface area contributed by atoms with E-state index in [1.807, 2.05) is 13.0 Å². The van der Waals surface area contributed by atoms with Crippen LogP contribution in [-0.2, 0) is 0 Å². The third-order valence-electron chi connectivity index (χ3n) is 0.606. The molecule has 1 heterocycles. The summed E-state index contributed by atoms with van der Waals surface area (Å²) < 4.78 is 4.71. The van der Waals surface area contributed by atoms with E-state index in [4.69, 9.17) is 4.42 Å². The van der Waals surface area contributed by atoms with Crippen LogP contribution in [-0.4, -0.2) is 0 Å². The van der Waals surface area contributed by atoms with E-state index in [0.717, 1.165) is 5.76 Å². The summed E-state index contributed by atoms with van der Waals surface area (Å²) in [6, 6.07) is 3.61. The number of furan rings is 1. The molecule has 0 spiro atoms. The van der Waals surface area contributed by atoms with Crippen molar-refractivity contribution in [3.63, 3.8) is 0 Å². The molecule has 0 saturated heterocycles. The Morgan fingerprint density at radius 3 is 2.57 bits per heavy atom. The number of aryl methyl sites for hydroxylation is 1. The first-order chi connectivity index (χ1) is 2.89. The van der Waals surface area contributed by atoms with Gasteiger partial charge in [-0.3, -0.25) is 0 Å². The second-order valence-corrected chi connectivity index (χ2v) is 1.16. The summed E-state index contributed by atoms with van der Waals surface area (Å²) in [5.41, 5.74) is 0. The molecule has 0 aliphatic carbocycles. The SMILES string of the molecule is Cc1cc[c-]o1.[Li+]. The zero-order valence-electron chi connectivity index (χ0n) is 4.56. The molecule has 0 aliphatic rings. The fourth-order valence-electron chi connectivity index (χ4n) is 0.312. The van der Waals surface area contributed by atoms with Crippen molar-refractivity contribution in [2.45, 2.75) is 6.92 Å². The smallest absolute Gasteiger partial charge is 0.596 e. The van der Waals surface area contributed by atoms with Crippen molar-refractivity contribution in [2.24, 2.45) is 0 Å². The minimum absolute atomic E-state index is 0. The molecule has 0 fully saturated rings. The van der Waals surface area contributed by atoms with Gasteiger partial charge in [-0.2, -0.15) is 6.07 Å². The van der Waals surface area contributed by atoms with E-state index in [-0.39, 0.29) is 18.9 Å². The fraction of sp³-hybridized carbons (Fsp3) is 0.200. The molecule has 0 amide bonds. The molecule has 0 unspecified atom stereocenters. The summed E-state index contributed by atoms with van der Waals surface area (Å²) in [5.74, 6) is 0.912. The van der Waals surface area contributed by atoms with E-state index in [1.165, 1.54) is 0 Å². The summed E-state index contributed by atoms with van der Waals surface area (Å²) in [5, 5.41) is 0. The molecule has 32 valence electrons. The second-order valence-electron chi connectivity index (χ2n) is 1.16. The monoisotopic (exact) mass is 88.1 g/mol. The van der Waals surface area contributed by atoms with Crippen LogP contribution in [0, 0.1) is 13.2 Å². The molecule has 2 heteroatoms. The van der Waals surface area contributed by atoms with Crippen LogP contribution in [0.4, 0.5) is 0 Å². The van der Waals surface area contributed by atoms with Gasteiger partial charge in [0.2, 0.25) is 0 Å². The van der Waals surface area contributed by atoms with Crippen molar-refractivity contribution in [3.8, 4) is 0 Å². The summed E-state index contributed by atoms with van der Waals surface area (Å²) in [4.78, 5) is 0. The molecule has 7 heavy (non-hydrogen) atoms. The average molecular weight is 88.0 g/mol. The first-order valence-corrected chi connectivity index (χ1v) is 1.82. The molecular weight excluding hydrogens is 83.0 g/mol. The van der Waals surface area contributed by atoms with Crippen molar-refractivity contribution in [1.29, 1.82) is 0 Å². The Morgan fingerprint density at radius 1 is 1.71 bits per heavy atom. The second kappa shape index (κ2) is 2.96. The van der Waals surface area contributed by atoms with Gasteiger partial charge in [-0.05, 0) is 6.26 Å². The zero-order chi connectivity index (χ0) is 4.41. The van der Waals surface area contributed by atoms with Gasteiger partial charge in [-0.25, -0.2) is 0 Å². The standard InChI is InChI=1S/C5H5O.Li/c1-5-3-2-4-6-5;/h2-3H,1H3;/q-1;+1. The first kappa shape index (κ1) is 6.88. The molecule has 1 aromatic rings. The van der Waals surface area contributed by atoms with E-state index in [2.05, 4.69) is 6.26 Å². The molecule has 0 aliphatic heterocycles. The van der Waals surface area contributed by atoms with Crippen LogP contribution >= 0.6 is 0 Å². The maximum Gasteiger partial charge on any atom is 1.00 e. The molecule has 0 radical (unpaired) electrons. The van der Waals surface area contributed by atoms with Crippen LogP contribution in [0.5, 0.6) is 0 Å². The Hall–Kier alpha value is -0.123. The van der Waals surface area contributed by atoms with Crippen molar-refractivity contribution >= 4 is 0 Å². The summed E-state index contributed by atoms with van der Waals surface area (Å²) in [6.45, 7) is 1.89. The summed E-state index contributed by atoms with van der Waals surface area (Å²) >= 11 is 0. The van der Waals surface area contributed by atoms with Crippen LogP contribution < -0.4 is 18.9 Å². The van der Waals surface area contributed by atoms with Gasteiger partial charge in [-0.15, -0.1) is 6.07 Å². The maximum absolute atomic E-state index is 4.71. The minimum atomic E-state index is 0. The van der Waals surface area contributed by atoms with Gasteiger partial charge >= 0.3 is 18.9 Å². The van der Waals surface area contributed by atoms with Gasteiger partial charge in [0, 0.05) is 0 Å². The van der Waals surface area contributed by atoms with Crippen LogP contribution in [0.3, 0.4) is 0 Å². The normalized spacial score (nSPS) is 7.57. The maximum atomic E-state index is 4.71. The fourth-order valence-corrected chi connectivity index (χ4v) is 0.312. The average Bonchev–Trinajstić information content (AvgIpc) is 1.86. The van der Waals surface area contributed by atoms with Crippen molar-refractivity contribution in [3.05, 3.63) is 24.2 Å². The third-order valence-corrected chi connectivity index (χ3v) is 0.606. The Kier molecular flexibility index (Phi) is 2.90. The number of rotatable bonds is 0. The van der Waals surface area contributed by atoms with E-state index in [1.54, 1.807) is 6.07 Å². The van der Waals surface area contributed by atoms with Gasteiger partial charge in [0.05, 0.1) is 0 Å². The van der Waals surface area contributed by atoms with E-state index in [0.29, 0.717) is 0 Å². The first-order valence-electron chi connectivity index (χ1n) is 1.82. The van der Waals surface area contributed by atoms with E-state index < -0.39 is 0 Å². The van der Waals surface area contributed by atoms with Crippen LogP contribution in [0.1, 0.15) is 5.76 Å². The largest absolute Gasteiger partial charge is 1.00 e. The predicted molar refractivity (Wildman–Crippen MR) is 22.3 cm³/mol. The molecule has 1 aromatic heterocycles. The van der Waals surface area contributed by atoms with Gasteiger partial charge in [0.25, 0.3) is 0 Å². The van der Waals surface area contributed by atoms with E-state index in [9.17, 15) is 0 Å². The van der Waals surface area contributed by atoms with Crippen molar-refractivity contribution in [2.75, 3.05) is 0 Å². The molecule has 0 aromatic carbocycles. The molecule has 1 nitrogen and oxygen atoms in total. The molecule has 0 saturated carbocycles. The van der Waals surface area contributed by atoms with Gasteiger partial charge in [0.15, 0.2) is 0 Å². The Labute approximate surface area is 54.9 Å². The molecule has 0 N–H and O–H groups in total. The third kappa shape index (κ3) is 1.87. The molecule has 1 rings (SSSR count). The number of hydrogen-bond acceptors (Lipinski definition) is 1. The van der Waals surface area contributed by atoms with E-state index >= 15 is 0 Å². The molecule has 0 atom stereocenters. The Morgan fingerprint density at radius 2 is 2.43 bits per heavy atom. The van der Waals surface area contributed by atoms with Crippen molar-refractivity contribution < 1.29 is 23.3 Å². The van der Waals surface area contributed by atoms with Gasteiger partial charge in [-0.1, -0.05) is 12.7 Å². The Bertz CT molecular complexity index is 112. The van der Waals surface area contributed by atoms with Gasteiger partial charge < -0.3 is 4.42 Å². The summed E-state index contributed by atoms with van der Waals surface area (Å²) in [7, 11) is 0. The van der Waals surface area contributed by atoms with Crippen LogP contribution in [0.2, 0.25) is 0 Å². The summed E-state index contributed by atoms with van der Waals surface area (Å²) in [6.07, 6.45) is 2.55. The minimum Gasteiger partial charge on any atom is -0.596 e.